The van der Waals surface area contributed by atoms with E-state index in [4.69, 9.17) is 0 Å². The van der Waals surface area contributed by atoms with Crippen molar-refractivity contribution in [2.75, 3.05) is 14.1 Å². The van der Waals surface area contributed by atoms with E-state index in [1.807, 2.05) is 18.2 Å². The van der Waals surface area contributed by atoms with Gasteiger partial charge in [0, 0.05) is 31.4 Å². The lowest BCUT2D eigenvalue weighted by molar-refractivity contribution is 0.0827. The first kappa shape index (κ1) is 14.7. The van der Waals surface area contributed by atoms with Gasteiger partial charge in [-0.3, -0.25) is 14.6 Å². The highest BCUT2D eigenvalue weighted by atomic mass is 16.2. The lowest BCUT2D eigenvalue weighted by atomic mass is 10.1. The van der Waals surface area contributed by atoms with Gasteiger partial charge in [-0.05, 0) is 30.3 Å². The summed E-state index contributed by atoms with van der Waals surface area (Å²) in [6.45, 7) is 0.353. The third-order valence-corrected chi connectivity index (χ3v) is 2.93. The van der Waals surface area contributed by atoms with Crippen molar-refractivity contribution in [3.63, 3.8) is 0 Å². The lowest BCUT2D eigenvalue weighted by Crippen LogP contribution is -2.25. The van der Waals surface area contributed by atoms with Crippen LogP contribution >= 0.6 is 0 Å². The van der Waals surface area contributed by atoms with Gasteiger partial charge in [-0.1, -0.05) is 12.1 Å². The minimum Gasteiger partial charge on any atom is -0.346 e. The number of aromatic nitrogens is 1. The summed E-state index contributed by atoms with van der Waals surface area (Å²) in [7, 11) is 3.35. The van der Waals surface area contributed by atoms with E-state index in [1.54, 1.807) is 44.6 Å². The molecule has 5 nitrogen and oxygen atoms in total. The van der Waals surface area contributed by atoms with E-state index >= 15 is 0 Å². The summed E-state index contributed by atoms with van der Waals surface area (Å²) in [6.07, 6.45) is 1.68. The van der Waals surface area contributed by atoms with Crippen LogP contribution in [0.2, 0.25) is 0 Å². The normalized spacial score (nSPS) is 10.0. The molecule has 0 aliphatic carbocycles. The van der Waals surface area contributed by atoms with Gasteiger partial charge < -0.3 is 10.2 Å². The number of pyridine rings is 1. The predicted octanol–water partition coefficient (Wildman–Crippen LogP) is 1.71. The Labute approximate surface area is 123 Å². The maximum absolute atomic E-state index is 12.1. The van der Waals surface area contributed by atoms with Crippen LogP contribution < -0.4 is 5.32 Å². The molecule has 0 bridgehead atoms. The van der Waals surface area contributed by atoms with Gasteiger partial charge >= 0.3 is 0 Å². The van der Waals surface area contributed by atoms with Gasteiger partial charge in [0.15, 0.2) is 0 Å². The van der Waals surface area contributed by atoms with Crippen molar-refractivity contribution < 1.29 is 9.59 Å². The zero-order chi connectivity index (χ0) is 15.2. The fourth-order valence-electron chi connectivity index (χ4n) is 1.83. The second-order valence-corrected chi connectivity index (χ2v) is 4.78. The highest BCUT2D eigenvalue weighted by molar-refractivity contribution is 5.99. The minimum absolute atomic E-state index is 0.130. The van der Waals surface area contributed by atoms with E-state index in [0.717, 1.165) is 5.69 Å². The van der Waals surface area contributed by atoms with Crippen molar-refractivity contribution in [3.05, 3.63) is 65.5 Å². The van der Waals surface area contributed by atoms with Gasteiger partial charge in [0.2, 0.25) is 0 Å². The Balaban J connectivity index is 2.06. The van der Waals surface area contributed by atoms with E-state index in [-0.39, 0.29) is 11.8 Å². The molecule has 0 saturated carbocycles. The smallest absolute Gasteiger partial charge is 0.253 e. The average molecular weight is 283 g/mol. The van der Waals surface area contributed by atoms with Gasteiger partial charge in [-0.25, -0.2) is 0 Å². The molecule has 0 saturated heterocycles. The van der Waals surface area contributed by atoms with Gasteiger partial charge in [0.25, 0.3) is 11.8 Å². The van der Waals surface area contributed by atoms with Crippen LogP contribution in [0, 0.1) is 0 Å². The van der Waals surface area contributed by atoms with E-state index in [2.05, 4.69) is 10.3 Å². The van der Waals surface area contributed by atoms with Crippen molar-refractivity contribution in [3.8, 4) is 0 Å². The summed E-state index contributed by atoms with van der Waals surface area (Å²) in [5.41, 5.74) is 1.73. The van der Waals surface area contributed by atoms with E-state index in [1.165, 1.54) is 4.90 Å². The Hall–Kier alpha value is -2.69. The van der Waals surface area contributed by atoms with Crippen molar-refractivity contribution in [1.82, 2.24) is 15.2 Å². The standard InChI is InChI=1S/C16H17N3O2/c1-19(2)16(21)13-7-5-6-12(10-13)15(20)18-11-14-8-3-4-9-17-14/h3-10H,11H2,1-2H3,(H,18,20). The summed E-state index contributed by atoms with van der Waals surface area (Å²) in [4.78, 5) is 29.6. The zero-order valence-corrected chi connectivity index (χ0v) is 12.0. The van der Waals surface area contributed by atoms with Crippen LogP contribution in [0.15, 0.2) is 48.7 Å². The quantitative estimate of drug-likeness (QED) is 0.929. The number of amides is 2. The molecule has 0 fully saturated rings. The summed E-state index contributed by atoms with van der Waals surface area (Å²) in [5, 5.41) is 2.78. The fraction of sp³-hybridized carbons (Fsp3) is 0.188. The number of carbonyl (C=O) groups is 2. The summed E-state index contributed by atoms with van der Waals surface area (Å²) < 4.78 is 0. The van der Waals surface area contributed by atoms with Gasteiger partial charge in [0.05, 0.1) is 12.2 Å². The first-order valence-electron chi connectivity index (χ1n) is 6.58. The maximum Gasteiger partial charge on any atom is 0.253 e. The van der Waals surface area contributed by atoms with Gasteiger partial charge in [0.1, 0.15) is 0 Å². The van der Waals surface area contributed by atoms with E-state index in [0.29, 0.717) is 17.7 Å². The Morgan fingerprint density at radius 3 is 2.52 bits per heavy atom. The molecular formula is C16H17N3O2. The summed E-state index contributed by atoms with van der Waals surface area (Å²) in [6, 6.07) is 12.2. The van der Waals surface area contributed by atoms with Crippen LogP contribution in [0.3, 0.4) is 0 Å². The Bertz CT molecular complexity index is 639. The Kier molecular flexibility index (Phi) is 4.66. The third-order valence-electron chi connectivity index (χ3n) is 2.93. The van der Waals surface area contributed by atoms with Crippen molar-refractivity contribution in [2.45, 2.75) is 6.54 Å². The molecule has 0 aliphatic rings. The van der Waals surface area contributed by atoms with Crippen LogP contribution in [0.4, 0.5) is 0 Å². The maximum atomic E-state index is 12.1. The molecule has 5 heteroatoms. The van der Waals surface area contributed by atoms with Crippen LogP contribution in [0.25, 0.3) is 0 Å². The lowest BCUT2D eigenvalue weighted by Gasteiger charge is -2.11. The van der Waals surface area contributed by atoms with Crippen LogP contribution in [0.5, 0.6) is 0 Å². The molecule has 0 atom stereocenters. The van der Waals surface area contributed by atoms with Crippen LogP contribution in [-0.4, -0.2) is 35.8 Å². The molecule has 1 N–H and O–H groups in total. The molecule has 0 spiro atoms. The molecule has 21 heavy (non-hydrogen) atoms. The number of hydrogen-bond donors (Lipinski definition) is 1. The summed E-state index contributed by atoms with van der Waals surface area (Å²) in [5.74, 6) is -0.358. The molecule has 1 aromatic heterocycles. The van der Waals surface area contributed by atoms with Crippen molar-refractivity contribution in [1.29, 1.82) is 0 Å². The Morgan fingerprint density at radius 1 is 1.10 bits per heavy atom. The van der Waals surface area contributed by atoms with Gasteiger partial charge in [-0.2, -0.15) is 0 Å². The Morgan fingerprint density at radius 2 is 1.86 bits per heavy atom. The second-order valence-electron chi connectivity index (χ2n) is 4.78. The fourth-order valence-corrected chi connectivity index (χ4v) is 1.83. The third kappa shape index (κ3) is 3.89. The molecule has 0 aliphatic heterocycles. The molecular weight excluding hydrogens is 266 g/mol. The first-order chi connectivity index (χ1) is 10.1. The molecule has 0 radical (unpaired) electrons. The topological polar surface area (TPSA) is 62.3 Å². The molecule has 2 rings (SSSR count). The van der Waals surface area contributed by atoms with Crippen molar-refractivity contribution >= 4 is 11.8 Å². The van der Waals surface area contributed by atoms with Gasteiger partial charge in [-0.15, -0.1) is 0 Å². The number of nitrogens with zero attached hydrogens (tertiary/aromatic N) is 2. The van der Waals surface area contributed by atoms with Crippen LogP contribution in [0.1, 0.15) is 26.4 Å². The molecule has 108 valence electrons. The number of hydrogen-bond acceptors (Lipinski definition) is 3. The molecule has 1 heterocycles. The average Bonchev–Trinajstić information content (AvgIpc) is 2.53. The van der Waals surface area contributed by atoms with Crippen LogP contribution in [-0.2, 0) is 6.54 Å². The predicted molar refractivity (Wildman–Crippen MR) is 79.9 cm³/mol. The molecule has 2 aromatic rings. The monoisotopic (exact) mass is 283 g/mol. The zero-order valence-electron chi connectivity index (χ0n) is 12.0. The van der Waals surface area contributed by atoms with E-state index < -0.39 is 0 Å². The second kappa shape index (κ2) is 6.65. The number of carbonyl (C=O) groups excluding carboxylic acids is 2. The van der Waals surface area contributed by atoms with Crippen molar-refractivity contribution in [2.24, 2.45) is 0 Å². The molecule has 0 unspecified atom stereocenters. The number of nitrogens with one attached hydrogen (secondary N) is 1. The molecule has 2 amide bonds. The number of benzene rings is 1. The minimum atomic E-state index is -0.228. The largest absolute Gasteiger partial charge is 0.346 e. The van der Waals surface area contributed by atoms with E-state index in [9.17, 15) is 9.59 Å². The highest BCUT2D eigenvalue weighted by Gasteiger charge is 2.11. The molecule has 1 aromatic carbocycles. The highest BCUT2D eigenvalue weighted by Crippen LogP contribution is 2.07. The SMILES string of the molecule is CN(C)C(=O)c1cccc(C(=O)NCc2ccccn2)c1. The number of rotatable bonds is 4. The summed E-state index contributed by atoms with van der Waals surface area (Å²) >= 11 is 0. The first-order valence-corrected chi connectivity index (χ1v) is 6.58.